The van der Waals surface area contributed by atoms with Gasteiger partial charge in [-0.15, -0.1) is 0 Å². The van der Waals surface area contributed by atoms with Crippen molar-refractivity contribution in [2.75, 3.05) is 25.0 Å². The van der Waals surface area contributed by atoms with Crippen LogP contribution in [0.15, 0.2) is 36.7 Å². The van der Waals surface area contributed by atoms with Crippen LogP contribution in [0, 0.1) is 0 Å². The van der Waals surface area contributed by atoms with Gasteiger partial charge in [-0.05, 0) is 31.0 Å². The number of rotatable bonds is 7. The van der Waals surface area contributed by atoms with Crippen LogP contribution in [0.1, 0.15) is 24.5 Å². The van der Waals surface area contributed by atoms with Crippen molar-refractivity contribution in [3.8, 4) is 11.5 Å². The first-order chi connectivity index (χ1) is 17.4. The summed E-state index contributed by atoms with van der Waals surface area (Å²) in [6, 6.07) is 7.72. The van der Waals surface area contributed by atoms with Crippen molar-refractivity contribution in [2.45, 2.75) is 44.3 Å². The molecule has 2 fully saturated rings. The number of nitrogens with zero attached hydrogens (tertiary/aromatic N) is 7. The summed E-state index contributed by atoms with van der Waals surface area (Å²) in [7, 11) is 0. The van der Waals surface area contributed by atoms with Crippen LogP contribution in [-0.4, -0.2) is 71.4 Å². The molecule has 2 atom stereocenters. The lowest BCUT2D eigenvalue weighted by molar-refractivity contribution is -0.144. The molecule has 2 saturated heterocycles. The van der Waals surface area contributed by atoms with Gasteiger partial charge in [0, 0.05) is 31.9 Å². The molecule has 6 heterocycles. The molecule has 10 nitrogen and oxygen atoms in total. The molecular formula is C23H24F3N9O. The number of nitrogens with one attached hydrogen (secondary N) is 2. The van der Waals surface area contributed by atoms with E-state index in [1.165, 1.54) is 0 Å². The smallest absolute Gasteiger partial charge is 0.376 e. The van der Waals surface area contributed by atoms with Crippen molar-refractivity contribution < 1.29 is 17.9 Å². The molecule has 13 heteroatoms. The monoisotopic (exact) mass is 499 g/mol. The Balaban J connectivity index is 1.24. The maximum atomic E-state index is 12.9. The molecule has 0 unspecified atom stereocenters. The van der Waals surface area contributed by atoms with Crippen molar-refractivity contribution in [2.24, 2.45) is 0 Å². The van der Waals surface area contributed by atoms with Gasteiger partial charge in [-0.2, -0.15) is 18.3 Å². The Morgan fingerprint density at radius 2 is 2.06 bits per heavy atom. The summed E-state index contributed by atoms with van der Waals surface area (Å²) >= 11 is 0. The molecule has 0 amide bonds. The molecule has 0 bridgehead atoms. The topological polar surface area (TPSA) is 110 Å². The van der Waals surface area contributed by atoms with Crippen LogP contribution in [0.4, 0.5) is 19.0 Å². The number of aromatic nitrogens is 7. The number of anilines is 1. The lowest BCUT2D eigenvalue weighted by atomic mass is 10.2. The van der Waals surface area contributed by atoms with Crippen LogP contribution in [0.25, 0.3) is 22.6 Å². The van der Waals surface area contributed by atoms with Gasteiger partial charge in [-0.25, -0.2) is 15.0 Å². The quantitative estimate of drug-likeness (QED) is 0.399. The van der Waals surface area contributed by atoms with Gasteiger partial charge in [0.25, 0.3) is 0 Å². The highest BCUT2D eigenvalue weighted by atomic mass is 19.4. The molecule has 36 heavy (non-hydrogen) atoms. The van der Waals surface area contributed by atoms with Crippen molar-refractivity contribution in [1.29, 1.82) is 0 Å². The van der Waals surface area contributed by atoms with Crippen LogP contribution in [-0.2, 0) is 24.0 Å². The number of H-pyrrole nitrogens is 1. The first-order valence-corrected chi connectivity index (χ1v) is 11.8. The summed E-state index contributed by atoms with van der Waals surface area (Å²) in [5.41, 5.74) is 1.67. The Morgan fingerprint density at radius 1 is 1.17 bits per heavy atom. The number of alkyl halides is 3. The number of pyridine rings is 2. The minimum absolute atomic E-state index is 0.111. The molecule has 2 aliphatic heterocycles. The third-order valence-corrected chi connectivity index (χ3v) is 6.53. The van der Waals surface area contributed by atoms with Crippen LogP contribution in [0.3, 0.4) is 0 Å². The van der Waals surface area contributed by atoms with E-state index in [0.29, 0.717) is 18.6 Å². The summed E-state index contributed by atoms with van der Waals surface area (Å²) in [6.07, 6.45) is 0.859. The van der Waals surface area contributed by atoms with E-state index >= 15 is 0 Å². The highest BCUT2D eigenvalue weighted by Crippen LogP contribution is 2.29. The summed E-state index contributed by atoms with van der Waals surface area (Å²) in [4.78, 5) is 19.4. The fourth-order valence-electron chi connectivity index (χ4n) is 4.61. The molecular weight excluding hydrogens is 475 g/mol. The first kappa shape index (κ1) is 22.9. The zero-order valence-electron chi connectivity index (χ0n) is 19.2. The van der Waals surface area contributed by atoms with E-state index in [1.807, 2.05) is 23.3 Å². The third kappa shape index (κ3) is 4.63. The standard InChI is InChI=1S/C23H24F3N9O/c24-23(25,26)22-31-21(32-33-22)17-9-16-18(10-28-17)35(12-15-5-8-36-15)20(30-16)13-34-7-4-14(11-34)29-19-3-1-2-6-27-19/h1-3,6,9-10,14-15H,4-5,7-8,11-13H2,(H,27,29)(H,31,32,33)/t14-,15+/m1/s1. The van der Waals surface area contributed by atoms with E-state index in [-0.39, 0.29) is 23.7 Å². The van der Waals surface area contributed by atoms with Crippen LogP contribution >= 0.6 is 0 Å². The molecule has 0 radical (unpaired) electrons. The highest BCUT2D eigenvalue weighted by molar-refractivity contribution is 5.78. The first-order valence-electron chi connectivity index (χ1n) is 11.8. The molecule has 188 valence electrons. The van der Waals surface area contributed by atoms with Gasteiger partial charge >= 0.3 is 6.18 Å². The van der Waals surface area contributed by atoms with Crippen molar-refractivity contribution in [1.82, 2.24) is 39.6 Å². The minimum Gasteiger partial charge on any atom is -0.376 e. The van der Waals surface area contributed by atoms with Crippen molar-refractivity contribution in [3.05, 3.63) is 48.3 Å². The molecule has 2 N–H and O–H groups in total. The van der Waals surface area contributed by atoms with Gasteiger partial charge in [-0.1, -0.05) is 6.07 Å². The fraction of sp³-hybridized carbons (Fsp3) is 0.435. The predicted molar refractivity (Wildman–Crippen MR) is 124 cm³/mol. The number of ether oxygens (including phenoxy) is 1. The largest absolute Gasteiger partial charge is 0.451 e. The van der Waals surface area contributed by atoms with E-state index in [2.05, 4.69) is 34.8 Å². The second-order valence-corrected chi connectivity index (χ2v) is 9.06. The van der Waals surface area contributed by atoms with Crippen LogP contribution < -0.4 is 5.32 Å². The van der Waals surface area contributed by atoms with E-state index in [0.717, 1.165) is 49.7 Å². The zero-order chi connectivity index (χ0) is 24.7. The number of fused-ring (bicyclic) bond motifs is 1. The maximum absolute atomic E-state index is 12.9. The van der Waals surface area contributed by atoms with Gasteiger partial charge in [0.1, 0.15) is 17.3 Å². The Bertz CT molecular complexity index is 1350. The molecule has 6 rings (SSSR count). The average molecular weight is 500 g/mol. The average Bonchev–Trinajstić information content (AvgIpc) is 3.56. The Labute approximate surface area is 203 Å². The van der Waals surface area contributed by atoms with Crippen molar-refractivity contribution >= 4 is 16.9 Å². The van der Waals surface area contributed by atoms with E-state index in [4.69, 9.17) is 9.72 Å². The lowest BCUT2D eigenvalue weighted by Crippen LogP contribution is -2.33. The molecule has 0 saturated carbocycles. The molecule has 2 aliphatic rings. The summed E-state index contributed by atoms with van der Waals surface area (Å²) in [5, 5.41) is 9.11. The highest BCUT2D eigenvalue weighted by Gasteiger charge is 2.35. The Hall–Kier alpha value is -3.58. The van der Waals surface area contributed by atoms with Crippen molar-refractivity contribution in [3.63, 3.8) is 0 Å². The number of hydrogen-bond donors (Lipinski definition) is 2. The number of aromatic amines is 1. The fourth-order valence-corrected chi connectivity index (χ4v) is 4.61. The normalized spacial score (nSPS) is 20.6. The molecule has 4 aromatic rings. The van der Waals surface area contributed by atoms with Gasteiger partial charge < -0.3 is 14.6 Å². The summed E-state index contributed by atoms with van der Waals surface area (Å²) in [6.45, 7) is 3.79. The second-order valence-electron chi connectivity index (χ2n) is 9.06. The number of hydrogen-bond acceptors (Lipinski definition) is 8. The molecule has 0 aromatic carbocycles. The maximum Gasteiger partial charge on any atom is 0.451 e. The third-order valence-electron chi connectivity index (χ3n) is 6.53. The van der Waals surface area contributed by atoms with Crippen LogP contribution in [0.5, 0.6) is 0 Å². The second kappa shape index (κ2) is 9.13. The Kier molecular flexibility index (Phi) is 5.80. The van der Waals surface area contributed by atoms with Gasteiger partial charge in [0.2, 0.25) is 5.82 Å². The number of imidazole rings is 1. The van der Waals surface area contributed by atoms with Gasteiger partial charge in [0.15, 0.2) is 5.82 Å². The predicted octanol–water partition coefficient (Wildman–Crippen LogP) is 3.11. The lowest BCUT2D eigenvalue weighted by Gasteiger charge is -2.28. The summed E-state index contributed by atoms with van der Waals surface area (Å²) < 4.78 is 46.6. The minimum atomic E-state index is -4.61. The van der Waals surface area contributed by atoms with Crippen LogP contribution in [0.2, 0.25) is 0 Å². The molecule has 4 aromatic heterocycles. The van der Waals surface area contributed by atoms with Gasteiger partial charge in [-0.3, -0.25) is 15.0 Å². The number of halogens is 3. The SMILES string of the molecule is FC(F)(F)c1nc(-c2cc3nc(CN4CC[C@@H](Nc5ccccn5)C4)n(C[C@@H]4CCO4)c3cn2)n[nH]1. The summed E-state index contributed by atoms with van der Waals surface area (Å²) in [5.74, 6) is 0.447. The molecule has 0 aliphatic carbocycles. The Morgan fingerprint density at radius 3 is 2.78 bits per heavy atom. The van der Waals surface area contributed by atoms with E-state index < -0.39 is 12.0 Å². The number of likely N-dealkylation sites (tertiary alicyclic amines) is 1. The molecule has 0 spiro atoms. The van der Waals surface area contributed by atoms with Gasteiger partial charge in [0.05, 0.1) is 36.4 Å². The van der Waals surface area contributed by atoms with E-state index in [1.54, 1.807) is 18.5 Å². The zero-order valence-corrected chi connectivity index (χ0v) is 19.2. The van der Waals surface area contributed by atoms with E-state index in [9.17, 15) is 13.2 Å².